The standard InChI is InChI=1S/C18H15NO3/c20-16-14-7-3-4-8-15(14)17(21)18(16,22)19-10-9-12-5-1-2-6-13(12)11-19/h1-8,22H,9-11H2. The van der Waals surface area contributed by atoms with Crippen LogP contribution in [-0.2, 0) is 13.0 Å². The lowest BCUT2D eigenvalue weighted by molar-refractivity contribution is -0.0559. The number of aliphatic hydroxyl groups is 1. The Morgan fingerprint density at radius 1 is 0.864 bits per heavy atom. The summed E-state index contributed by atoms with van der Waals surface area (Å²) in [7, 11) is 0. The molecule has 22 heavy (non-hydrogen) atoms. The highest BCUT2D eigenvalue weighted by Gasteiger charge is 2.56. The molecule has 0 amide bonds. The van der Waals surface area contributed by atoms with Gasteiger partial charge in [0.25, 0.3) is 0 Å². The summed E-state index contributed by atoms with van der Waals surface area (Å²) in [4.78, 5) is 26.9. The number of benzene rings is 2. The summed E-state index contributed by atoms with van der Waals surface area (Å²) >= 11 is 0. The van der Waals surface area contributed by atoms with E-state index in [9.17, 15) is 14.7 Å². The number of carbonyl (C=O) groups excluding carboxylic acids is 2. The molecule has 0 saturated carbocycles. The fourth-order valence-electron chi connectivity index (χ4n) is 3.42. The summed E-state index contributed by atoms with van der Waals surface area (Å²) in [5.41, 5.74) is 0.830. The second-order valence-corrected chi connectivity index (χ2v) is 5.82. The largest absolute Gasteiger partial charge is 0.362 e. The molecule has 1 aliphatic carbocycles. The van der Waals surface area contributed by atoms with Crippen molar-refractivity contribution in [3.8, 4) is 0 Å². The molecule has 2 aromatic carbocycles. The van der Waals surface area contributed by atoms with Crippen LogP contribution in [0.2, 0.25) is 0 Å². The molecule has 2 aliphatic rings. The number of Topliss-reactive ketones (excluding diaryl/α,β-unsaturated/α-hetero) is 2. The summed E-state index contributed by atoms with van der Waals surface area (Å²) < 4.78 is 0. The first-order chi connectivity index (χ1) is 10.6. The summed E-state index contributed by atoms with van der Waals surface area (Å²) in [6.07, 6.45) is 0.718. The van der Waals surface area contributed by atoms with Crippen molar-refractivity contribution in [2.45, 2.75) is 18.7 Å². The molecular weight excluding hydrogens is 278 g/mol. The number of hydrogen-bond acceptors (Lipinski definition) is 4. The Morgan fingerprint density at radius 2 is 1.41 bits per heavy atom. The number of rotatable bonds is 1. The second-order valence-electron chi connectivity index (χ2n) is 5.82. The normalized spacial score (nSPS) is 19.9. The van der Waals surface area contributed by atoms with Crippen LogP contribution in [0.4, 0.5) is 0 Å². The average Bonchev–Trinajstić information content (AvgIpc) is 2.77. The maximum absolute atomic E-state index is 12.6. The van der Waals surface area contributed by atoms with E-state index < -0.39 is 17.3 Å². The third kappa shape index (κ3) is 1.65. The molecule has 0 bridgehead atoms. The second kappa shape index (κ2) is 4.60. The Morgan fingerprint density at radius 3 is 2.05 bits per heavy atom. The van der Waals surface area contributed by atoms with Gasteiger partial charge in [0.15, 0.2) is 0 Å². The van der Waals surface area contributed by atoms with Gasteiger partial charge in [-0.2, -0.15) is 0 Å². The van der Waals surface area contributed by atoms with Gasteiger partial charge >= 0.3 is 0 Å². The van der Waals surface area contributed by atoms with E-state index in [2.05, 4.69) is 0 Å². The zero-order chi connectivity index (χ0) is 15.3. The first-order valence-electron chi connectivity index (χ1n) is 7.35. The van der Waals surface area contributed by atoms with Crippen molar-refractivity contribution in [2.75, 3.05) is 6.54 Å². The predicted molar refractivity (Wildman–Crippen MR) is 80.6 cm³/mol. The molecule has 1 N–H and O–H groups in total. The molecule has 0 unspecified atom stereocenters. The third-order valence-corrected chi connectivity index (χ3v) is 4.64. The quantitative estimate of drug-likeness (QED) is 0.815. The first-order valence-corrected chi connectivity index (χ1v) is 7.35. The van der Waals surface area contributed by atoms with Crippen molar-refractivity contribution in [3.63, 3.8) is 0 Å². The van der Waals surface area contributed by atoms with E-state index in [1.54, 1.807) is 29.2 Å². The molecule has 4 rings (SSSR count). The van der Waals surface area contributed by atoms with Crippen molar-refractivity contribution in [2.24, 2.45) is 0 Å². The Bertz CT molecular complexity index is 761. The van der Waals surface area contributed by atoms with Crippen molar-refractivity contribution >= 4 is 11.6 Å². The van der Waals surface area contributed by atoms with Crippen molar-refractivity contribution in [3.05, 3.63) is 70.8 Å². The zero-order valence-corrected chi connectivity index (χ0v) is 12.0. The van der Waals surface area contributed by atoms with Gasteiger partial charge in [-0.1, -0.05) is 48.5 Å². The number of nitrogens with zero attached hydrogens (tertiary/aromatic N) is 1. The van der Waals surface area contributed by atoms with Crippen LogP contribution in [0.25, 0.3) is 0 Å². The van der Waals surface area contributed by atoms with Crippen LogP contribution in [-0.4, -0.2) is 33.8 Å². The molecule has 0 radical (unpaired) electrons. The van der Waals surface area contributed by atoms with E-state index in [-0.39, 0.29) is 0 Å². The number of carbonyl (C=O) groups is 2. The van der Waals surface area contributed by atoms with Gasteiger partial charge in [-0.25, -0.2) is 0 Å². The maximum Gasteiger partial charge on any atom is 0.248 e. The SMILES string of the molecule is O=C1c2ccccc2C(=O)C1(O)N1CCc2ccccc2C1. The van der Waals surface area contributed by atoms with Gasteiger partial charge in [-0.3, -0.25) is 14.5 Å². The van der Waals surface area contributed by atoms with Gasteiger partial charge < -0.3 is 5.11 Å². The minimum Gasteiger partial charge on any atom is -0.362 e. The van der Waals surface area contributed by atoms with Crippen LogP contribution in [0.3, 0.4) is 0 Å². The molecule has 4 nitrogen and oxygen atoms in total. The Balaban J connectivity index is 1.75. The monoisotopic (exact) mass is 293 g/mol. The molecule has 1 heterocycles. The lowest BCUT2D eigenvalue weighted by Crippen LogP contribution is -2.58. The van der Waals surface area contributed by atoms with Crippen LogP contribution in [0.15, 0.2) is 48.5 Å². The van der Waals surface area contributed by atoms with Gasteiger partial charge in [-0.05, 0) is 17.5 Å². The van der Waals surface area contributed by atoms with Gasteiger partial charge in [0.05, 0.1) is 0 Å². The highest BCUT2D eigenvalue weighted by molar-refractivity contribution is 6.31. The summed E-state index contributed by atoms with van der Waals surface area (Å²) in [6.45, 7) is 0.886. The van der Waals surface area contributed by atoms with Gasteiger partial charge in [0, 0.05) is 24.2 Å². The summed E-state index contributed by atoms with van der Waals surface area (Å²) in [6, 6.07) is 14.6. The van der Waals surface area contributed by atoms with Crippen LogP contribution >= 0.6 is 0 Å². The molecule has 0 aromatic heterocycles. The van der Waals surface area contributed by atoms with E-state index >= 15 is 0 Å². The third-order valence-electron chi connectivity index (χ3n) is 4.64. The highest BCUT2D eigenvalue weighted by atomic mass is 16.3. The van der Waals surface area contributed by atoms with Crippen LogP contribution < -0.4 is 0 Å². The smallest absolute Gasteiger partial charge is 0.248 e. The van der Waals surface area contributed by atoms with Crippen LogP contribution in [0, 0.1) is 0 Å². The van der Waals surface area contributed by atoms with Crippen LogP contribution in [0.1, 0.15) is 31.8 Å². The zero-order valence-electron chi connectivity index (χ0n) is 12.0. The molecule has 1 aliphatic heterocycles. The Hall–Kier alpha value is -2.30. The topological polar surface area (TPSA) is 57.6 Å². The Labute approximate surface area is 128 Å². The van der Waals surface area contributed by atoms with Crippen molar-refractivity contribution in [1.82, 2.24) is 4.90 Å². The number of ketones is 2. The van der Waals surface area contributed by atoms with E-state index in [1.165, 1.54) is 5.56 Å². The van der Waals surface area contributed by atoms with Crippen molar-refractivity contribution < 1.29 is 14.7 Å². The Kier molecular flexibility index (Phi) is 2.79. The van der Waals surface area contributed by atoms with E-state index in [4.69, 9.17) is 0 Å². The van der Waals surface area contributed by atoms with Gasteiger partial charge in [-0.15, -0.1) is 0 Å². The van der Waals surface area contributed by atoms with E-state index in [0.717, 1.165) is 12.0 Å². The maximum atomic E-state index is 12.6. The molecule has 4 heteroatoms. The van der Waals surface area contributed by atoms with Crippen LogP contribution in [0.5, 0.6) is 0 Å². The van der Waals surface area contributed by atoms with Crippen molar-refractivity contribution in [1.29, 1.82) is 0 Å². The molecule has 0 saturated heterocycles. The molecule has 110 valence electrons. The molecule has 2 aromatic rings. The van der Waals surface area contributed by atoms with E-state index in [1.807, 2.05) is 24.3 Å². The fourth-order valence-corrected chi connectivity index (χ4v) is 3.42. The molecule has 0 fully saturated rings. The first kappa shape index (κ1) is 13.4. The molecule has 0 atom stereocenters. The number of fused-ring (bicyclic) bond motifs is 2. The van der Waals surface area contributed by atoms with Gasteiger partial charge in [0.1, 0.15) is 0 Å². The minimum atomic E-state index is -2.06. The fraction of sp³-hybridized carbons (Fsp3) is 0.222. The van der Waals surface area contributed by atoms with E-state index in [0.29, 0.717) is 24.2 Å². The average molecular weight is 293 g/mol. The summed E-state index contributed by atoms with van der Waals surface area (Å²) in [5.74, 6) is -1.01. The molecule has 0 spiro atoms. The predicted octanol–water partition coefficient (Wildman–Crippen LogP) is 1.81. The lowest BCUT2D eigenvalue weighted by atomic mass is 9.96. The summed E-state index contributed by atoms with van der Waals surface area (Å²) in [5, 5.41) is 10.9. The lowest BCUT2D eigenvalue weighted by Gasteiger charge is -2.37. The highest BCUT2D eigenvalue weighted by Crippen LogP contribution is 2.35. The number of hydrogen-bond donors (Lipinski definition) is 1. The van der Waals surface area contributed by atoms with Gasteiger partial charge in [0.2, 0.25) is 17.3 Å². The minimum absolute atomic E-state index is 0.314. The molecular formula is C18H15NO3.